The molecule has 2 aromatic rings. The van der Waals surface area contributed by atoms with Gasteiger partial charge in [0.2, 0.25) is 0 Å². The maximum absolute atomic E-state index is 4.29. The SMILES string of the molecule is Cc1ccc(-c2[nH]ncc2CN2CCC3(CCNC3)C2)cc1.Cl. The second-order valence-electron chi connectivity index (χ2n) is 7.02. The second-order valence-corrected chi connectivity index (χ2v) is 7.02. The zero-order chi connectivity index (χ0) is 15.0. The van der Waals surface area contributed by atoms with Gasteiger partial charge in [-0.3, -0.25) is 10.00 Å². The Morgan fingerprint density at radius 1 is 1.22 bits per heavy atom. The van der Waals surface area contributed by atoms with Gasteiger partial charge in [-0.05, 0) is 43.8 Å². The average Bonchev–Trinajstić information content (AvgIpc) is 3.24. The molecule has 1 atom stereocenters. The first kappa shape index (κ1) is 16.5. The molecular formula is C18H25ClN4. The topological polar surface area (TPSA) is 44.0 Å². The Kier molecular flexibility index (Phi) is 4.76. The van der Waals surface area contributed by atoms with Crippen molar-refractivity contribution in [2.24, 2.45) is 5.41 Å². The van der Waals surface area contributed by atoms with Crippen molar-refractivity contribution in [1.29, 1.82) is 0 Å². The van der Waals surface area contributed by atoms with Crippen molar-refractivity contribution in [3.63, 3.8) is 0 Å². The molecule has 1 aromatic heterocycles. The summed E-state index contributed by atoms with van der Waals surface area (Å²) in [5.41, 5.74) is 5.54. The summed E-state index contributed by atoms with van der Waals surface area (Å²) in [5, 5.41) is 11.0. The molecule has 1 aromatic carbocycles. The molecule has 4 nitrogen and oxygen atoms in total. The lowest BCUT2D eigenvalue weighted by molar-refractivity contribution is 0.269. The van der Waals surface area contributed by atoms with E-state index >= 15 is 0 Å². The van der Waals surface area contributed by atoms with E-state index in [0.717, 1.165) is 6.54 Å². The maximum atomic E-state index is 4.29. The molecule has 3 heterocycles. The third-order valence-corrected chi connectivity index (χ3v) is 5.30. The molecule has 0 amide bonds. The number of H-pyrrole nitrogens is 1. The fourth-order valence-corrected chi connectivity index (χ4v) is 3.95. The predicted molar refractivity (Wildman–Crippen MR) is 95.8 cm³/mol. The highest BCUT2D eigenvalue weighted by atomic mass is 35.5. The Balaban J connectivity index is 0.00000156. The molecule has 2 aliphatic rings. The van der Waals surface area contributed by atoms with Crippen molar-refractivity contribution in [2.75, 3.05) is 26.2 Å². The van der Waals surface area contributed by atoms with E-state index in [2.05, 4.69) is 51.6 Å². The number of rotatable bonds is 3. The van der Waals surface area contributed by atoms with E-state index in [9.17, 15) is 0 Å². The van der Waals surface area contributed by atoms with Gasteiger partial charge in [0.25, 0.3) is 0 Å². The highest BCUT2D eigenvalue weighted by Crippen LogP contribution is 2.37. The number of hydrogen-bond acceptors (Lipinski definition) is 3. The number of aromatic amines is 1. The minimum Gasteiger partial charge on any atom is -0.316 e. The van der Waals surface area contributed by atoms with E-state index in [1.54, 1.807) is 0 Å². The highest BCUT2D eigenvalue weighted by Gasteiger charge is 2.40. The Hall–Kier alpha value is -1.36. The number of benzene rings is 1. The molecule has 4 rings (SSSR count). The summed E-state index contributed by atoms with van der Waals surface area (Å²) in [5.74, 6) is 0. The van der Waals surface area contributed by atoms with Crippen molar-refractivity contribution in [3.05, 3.63) is 41.6 Å². The molecule has 0 saturated carbocycles. The van der Waals surface area contributed by atoms with Crippen molar-refractivity contribution in [2.45, 2.75) is 26.3 Å². The van der Waals surface area contributed by atoms with Gasteiger partial charge in [0.1, 0.15) is 0 Å². The number of nitrogens with one attached hydrogen (secondary N) is 2. The standard InChI is InChI=1S/C18H24N4.ClH/c1-14-2-4-15(5-3-14)17-16(10-20-21-17)11-22-9-7-18(13-22)6-8-19-12-18;/h2-5,10,19H,6-9,11-13H2,1H3,(H,20,21);1H. The van der Waals surface area contributed by atoms with Gasteiger partial charge in [-0.2, -0.15) is 5.10 Å². The van der Waals surface area contributed by atoms with Gasteiger partial charge in [0.15, 0.2) is 0 Å². The third-order valence-electron chi connectivity index (χ3n) is 5.30. The number of hydrogen-bond donors (Lipinski definition) is 2. The number of likely N-dealkylation sites (tertiary alicyclic amines) is 1. The van der Waals surface area contributed by atoms with Gasteiger partial charge in [0, 0.05) is 25.2 Å². The van der Waals surface area contributed by atoms with Crippen LogP contribution in [0.2, 0.25) is 0 Å². The molecule has 1 unspecified atom stereocenters. The van der Waals surface area contributed by atoms with Crippen LogP contribution in [0.5, 0.6) is 0 Å². The van der Waals surface area contributed by atoms with Crippen LogP contribution in [-0.2, 0) is 6.54 Å². The first-order valence-electron chi connectivity index (χ1n) is 8.27. The smallest absolute Gasteiger partial charge is 0.0695 e. The van der Waals surface area contributed by atoms with Crippen LogP contribution in [0.1, 0.15) is 24.0 Å². The molecule has 0 radical (unpaired) electrons. The first-order chi connectivity index (χ1) is 10.7. The first-order valence-corrected chi connectivity index (χ1v) is 8.27. The lowest BCUT2D eigenvalue weighted by atomic mass is 9.86. The number of nitrogens with zero attached hydrogens (tertiary/aromatic N) is 2. The van der Waals surface area contributed by atoms with Crippen LogP contribution in [0, 0.1) is 12.3 Å². The maximum Gasteiger partial charge on any atom is 0.0695 e. The molecule has 2 fully saturated rings. The van der Waals surface area contributed by atoms with Crippen molar-refractivity contribution in [3.8, 4) is 11.3 Å². The van der Waals surface area contributed by atoms with Gasteiger partial charge in [-0.15, -0.1) is 12.4 Å². The molecule has 23 heavy (non-hydrogen) atoms. The molecule has 2 N–H and O–H groups in total. The highest BCUT2D eigenvalue weighted by molar-refractivity contribution is 5.85. The number of halogens is 1. The number of aromatic nitrogens is 2. The minimum atomic E-state index is 0. The Bertz CT molecular complexity index is 643. The summed E-state index contributed by atoms with van der Waals surface area (Å²) >= 11 is 0. The van der Waals surface area contributed by atoms with E-state index in [-0.39, 0.29) is 12.4 Å². The Morgan fingerprint density at radius 2 is 2.04 bits per heavy atom. The van der Waals surface area contributed by atoms with E-state index in [1.165, 1.54) is 61.4 Å². The average molecular weight is 333 g/mol. The summed E-state index contributed by atoms with van der Waals surface area (Å²) in [7, 11) is 0. The second kappa shape index (κ2) is 6.63. The van der Waals surface area contributed by atoms with Crippen LogP contribution in [0.15, 0.2) is 30.5 Å². The monoisotopic (exact) mass is 332 g/mol. The van der Waals surface area contributed by atoms with Gasteiger partial charge in [-0.1, -0.05) is 29.8 Å². The van der Waals surface area contributed by atoms with Crippen LogP contribution in [0.4, 0.5) is 0 Å². The van der Waals surface area contributed by atoms with Crippen LogP contribution >= 0.6 is 12.4 Å². The van der Waals surface area contributed by atoms with E-state index in [1.807, 2.05) is 6.20 Å². The van der Waals surface area contributed by atoms with Crippen molar-refractivity contribution < 1.29 is 0 Å². The number of aryl methyl sites for hydroxylation is 1. The zero-order valence-electron chi connectivity index (χ0n) is 13.6. The molecule has 124 valence electrons. The normalized spacial score (nSPS) is 24.2. The molecule has 2 aliphatic heterocycles. The van der Waals surface area contributed by atoms with Gasteiger partial charge >= 0.3 is 0 Å². The summed E-state index contributed by atoms with van der Waals surface area (Å²) in [4.78, 5) is 2.59. The molecule has 0 aliphatic carbocycles. The third kappa shape index (κ3) is 3.30. The van der Waals surface area contributed by atoms with E-state index in [4.69, 9.17) is 0 Å². The molecule has 5 heteroatoms. The van der Waals surface area contributed by atoms with Crippen LogP contribution in [0.3, 0.4) is 0 Å². The molecule has 0 bridgehead atoms. The molecule has 1 spiro atoms. The van der Waals surface area contributed by atoms with Crippen LogP contribution < -0.4 is 5.32 Å². The summed E-state index contributed by atoms with van der Waals surface area (Å²) in [6.07, 6.45) is 4.66. The summed E-state index contributed by atoms with van der Waals surface area (Å²) in [6.45, 7) is 7.94. The van der Waals surface area contributed by atoms with Crippen molar-refractivity contribution in [1.82, 2.24) is 20.4 Å². The quantitative estimate of drug-likeness (QED) is 0.908. The summed E-state index contributed by atoms with van der Waals surface area (Å²) in [6, 6.07) is 8.68. The fourth-order valence-electron chi connectivity index (χ4n) is 3.95. The zero-order valence-corrected chi connectivity index (χ0v) is 14.5. The molecular weight excluding hydrogens is 308 g/mol. The van der Waals surface area contributed by atoms with Gasteiger partial charge in [0.05, 0.1) is 11.9 Å². The molecule has 2 saturated heterocycles. The van der Waals surface area contributed by atoms with Crippen LogP contribution in [0.25, 0.3) is 11.3 Å². The fraction of sp³-hybridized carbons (Fsp3) is 0.500. The lowest BCUT2D eigenvalue weighted by Crippen LogP contribution is -2.28. The largest absolute Gasteiger partial charge is 0.316 e. The minimum absolute atomic E-state index is 0. The summed E-state index contributed by atoms with van der Waals surface area (Å²) < 4.78 is 0. The van der Waals surface area contributed by atoms with E-state index in [0.29, 0.717) is 5.41 Å². The predicted octanol–water partition coefficient (Wildman–Crippen LogP) is 2.99. The van der Waals surface area contributed by atoms with Gasteiger partial charge in [-0.25, -0.2) is 0 Å². The van der Waals surface area contributed by atoms with Crippen molar-refractivity contribution >= 4 is 12.4 Å². The van der Waals surface area contributed by atoms with E-state index < -0.39 is 0 Å². The Labute approximate surface area is 144 Å². The van der Waals surface area contributed by atoms with Gasteiger partial charge < -0.3 is 5.32 Å². The lowest BCUT2D eigenvalue weighted by Gasteiger charge is -2.22. The van der Waals surface area contributed by atoms with Crippen LogP contribution in [-0.4, -0.2) is 41.3 Å². The Morgan fingerprint density at radius 3 is 2.78 bits per heavy atom.